The molecule has 140 valence electrons. The van der Waals surface area contributed by atoms with Gasteiger partial charge < -0.3 is 14.9 Å². The van der Waals surface area contributed by atoms with Crippen molar-refractivity contribution < 1.29 is 9.90 Å². The molecule has 1 saturated heterocycles. The first-order chi connectivity index (χ1) is 12.0. The normalized spacial score (nSPS) is 19.4. The lowest BCUT2D eigenvalue weighted by atomic mass is 9.92. The van der Waals surface area contributed by atoms with Gasteiger partial charge in [-0.05, 0) is 52.1 Å². The number of aromatic nitrogens is 2. The van der Waals surface area contributed by atoms with Crippen molar-refractivity contribution in [3.63, 3.8) is 0 Å². The van der Waals surface area contributed by atoms with Gasteiger partial charge in [0.05, 0.1) is 25.4 Å². The molecule has 1 aromatic rings. The molecule has 2 aliphatic rings. The van der Waals surface area contributed by atoms with Gasteiger partial charge in [-0.25, -0.2) is 0 Å². The first kappa shape index (κ1) is 18.2. The number of rotatable bonds is 5. The fourth-order valence-electron chi connectivity index (χ4n) is 4.00. The summed E-state index contributed by atoms with van der Waals surface area (Å²) in [5.74, 6) is 0.673. The summed E-state index contributed by atoms with van der Waals surface area (Å²) in [5, 5.41) is 12.1. The molecule has 0 radical (unpaired) electrons. The smallest absolute Gasteiger partial charge is 0.270 e. The van der Waals surface area contributed by atoms with Crippen molar-refractivity contribution in [2.75, 3.05) is 26.2 Å². The Morgan fingerprint density at radius 2 is 2.00 bits per heavy atom. The maximum atomic E-state index is 12.7. The summed E-state index contributed by atoms with van der Waals surface area (Å²) in [5.41, 5.74) is 1.53. The minimum atomic E-state index is -0.0724. The predicted molar refractivity (Wildman–Crippen MR) is 95.3 cm³/mol. The van der Waals surface area contributed by atoms with Crippen LogP contribution in [-0.4, -0.2) is 62.9 Å². The SMILES string of the molecule is CC(C)N1CCC(CC(=O)N2CCc3c([nH]n(CCO)c3=O)C2)CC1. The number of likely N-dealkylation sites (tertiary alicyclic amines) is 1. The van der Waals surface area contributed by atoms with E-state index in [-0.39, 0.29) is 24.6 Å². The molecule has 1 amide bonds. The van der Waals surface area contributed by atoms with Gasteiger partial charge in [-0.3, -0.25) is 19.4 Å². The highest BCUT2D eigenvalue weighted by atomic mass is 16.3. The summed E-state index contributed by atoms with van der Waals surface area (Å²) in [6, 6.07) is 0.581. The Hall–Kier alpha value is -1.60. The molecule has 0 aromatic carbocycles. The second kappa shape index (κ2) is 7.74. The van der Waals surface area contributed by atoms with E-state index in [2.05, 4.69) is 23.8 Å². The number of hydrogen-bond donors (Lipinski definition) is 2. The highest BCUT2D eigenvalue weighted by molar-refractivity contribution is 5.76. The number of aliphatic hydroxyl groups is 1. The van der Waals surface area contributed by atoms with Crippen LogP contribution in [-0.2, 0) is 24.3 Å². The van der Waals surface area contributed by atoms with E-state index in [9.17, 15) is 9.59 Å². The van der Waals surface area contributed by atoms with Crippen LogP contribution in [0.3, 0.4) is 0 Å². The van der Waals surface area contributed by atoms with E-state index in [1.54, 1.807) is 0 Å². The van der Waals surface area contributed by atoms with Gasteiger partial charge in [0, 0.05) is 24.6 Å². The standard InChI is InChI=1S/C18H30N4O3/c1-13(2)20-6-3-14(4-7-20)11-17(24)21-8-5-15-16(12-21)19-22(9-10-23)18(15)25/h13-14,19,23H,3-12H2,1-2H3. The number of nitrogens with one attached hydrogen (secondary N) is 1. The molecule has 3 heterocycles. The van der Waals surface area contributed by atoms with E-state index < -0.39 is 0 Å². The molecule has 3 rings (SSSR count). The number of hydrogen-bond acceptors (Lipinski definition) is 4. The first-order valence-corrected chi connectivity index (χ1v) is 9.42. The molecule has 25 heavy (non-hydrogen) atoms. The lowest BCUT2D eigenvalue weighted by Crippen LogP contribution is -2.41. The van der Waals surface area contributed by atoms with Crippen LogP contribution in [0.1, 0.15) is 44.4 Å². The highest BCUT2D eigenvalue weighted by Crippen LogP contribution is 2.24. The van der Waals surface area contributed by atoms with Crippen molar-refractivity contribution in [2.45, 2.75) is 58.7 Å². The van der Waals surface area contributed by atoms with E-state index in [1.807, 2.05) is 4.90 Å². The number of piperidine rings is 1. The van der Waals surface area contributed by atoms with Crippen molar-refractivity contribution >= 4 is 5.91 Å². The van der Waals surface area contributed by atoms with Crippen LogP contribution in [0, 0.1) is 5.92 Å². The number of fused-ring (bicyclic) bond motifs is 1. The van der Waals surface area contributed by atoms with E-state index in [0.29, 0.717) is 37.9 Å². The Morgan fingerprint density at radius 1 is 1.28 bits per heavy atom. The molecule has 0 bridgehead atoms. The fourth-order valence-corrected chi connectivity index (χ4v) is 4.00. The van der Waals surface area contributed by atoms with Gasteiger partial charge in [-0.15, -0.1) is 0 Å². The lowest BCUT2D eigenvalue weighted by molar-refractivity contribution is -0.133. The molecule has 0 aliphatic carbocycles. The number of aliphatic hydroxyl groups excluding tert-OH is 1. The molecule has 0 spiro atoms. The number of nitrogens with zero attached hydrogens (tertiary/aromatic N) is 3. The Morgan fingerprint density at radius 3 is 2.64 bits per heavy atom. The van der Waals surface area contributed by atoms with Crippen LogP contribution in [0.2, 0.25) is 0 Å². The average molecular weight is 350 g/mol. The quantitative estimate of drug-likeness (QED) is 0.813. The summed E-state index contributed by atoms with van der Waals surface area (Å²) in [6.07, 6.45) is 3.39. The zero-order chi connectivity index (χ0) is 18.0. The summed E-state index contributed by atoms with van der Waals surface area (Å²) < 4.78 is 1.44. The van der Waals surface area contributed by atoms with Gasteiger partial charge in [0.1, 0.15) is 0 Å². The second-order valence-electron chi connectivity index (χ2n) is 7.59. The zero-order valence-electron chi connectivity index (χ0n) is 15.3. The topological polar surface area (TPSA) is 81.6 Å². The first-order valence-electron chi connectivity index (χ1n) is 9.42. The average Bonchev–Trinajstić information content (AvgIpc) is 2.91. The van der Waals surface area contributed by atoms with Crippen LogP contribution in [0.5, 0.6) is 0 Å². The van der Waals surface area contributed by atoms with Gasteiger partial charge in [-0.2, -0.15) is 0 Å². The number of H-pyrrole nitrogens is 1. The number of carbonyl (C=O) groups is 1. The third-order valence-electron chi connectivity index (χ3n) is 5.64. The fraction of sp³-hybridized carbons (Fsp3) is 0.778. The van der Waals surface area contributed by atoms with Gasteiger partial charge in [-0.1, -0.05) is 0 Å². The lowest BCUT2D eigenvalue weighted by Gasteiger charge is -2.35. The van der Waals surface area contributed by atoms with Crippen LogP contribution in [0.4, 0.5) is 0 Å². The van der Waals surface area contributed by atoms with Crippen molar-refractivity contribution in [3.05, 3.63) is 21.6 Å². The minimum absolute atomic E-state index is 0.0581. The van der Waals surface area contributed by atoms with E-state index in [4.69, 9.17) is 5.11 Å². The Kier molecular flexibility index (Phi) is 5.64. The summed E-state index contributed by atoms with van der Waals surface area (Å²) in [6.45, 7) is 7.90. The molecule has 7 nitrogen and oxygen atoms in total. The molecule has 0 unspecified atom stereocenters. The zero-order valence-corrected chi connectivity index (χ0v) is 15.3. The molecule has 1 aromatic heterocycles. The molecular weight excluding hydrogens is 320 g/mol. The van der Waals surface area contributed by atoms with Crippen molar-refractivity contribution in [1.82, 2.24) is 19.6 Å². The minimum Gasteiger partial charge on any atom is -0.394 e. The maximum Gasteiger partial charge on any atom is 0.270 e. The molecule has 0 atom stereocenters. The molecule has 1 fully saturated rings. The monoisotopic (exact) mass is 350 g/mol. The predicted octanol–water partition coefficient (Wildman–Crippen LogP) is 0.564. The molecular formula is C18H30N4O3. The Labute approximate surface area is 148 Å². The molecule has 7 heteroatoms. The summed E-state index contributed by atoms with van der Waals surface area (Å²) >= 11 is 0. The van der Waals surface area contributed by atoms with Crippen molar-refractivity contribution in [2.24, 2.45) is 5.92 Å². The van der Waals surface area contributed by atoms with Gasteiger partial charge in [0.2, 0.25) is 5.91 Å². The van der Waals surface area contributed by atoms with Gasteiger partial charge in [0.25, 0.3) is 5.56 Å². The third-order valence-corrected chi connectivity index (χ3v) is 5.64. The van der Waals surface area contributed by atoms with Gasteiger partial charge >= 0.3 is 0 Å². The number of aromatic amines is 1. The Bertz CT molecular complexity index is 656. The van der Waals surface area contributed by atoms with Crippen LogP contribution in [0.25, 0.3) is 0 Å². The third kappa shape index (κ3) is 3.98. The maximum absolute atomic E-state index is 12.7. The largest absolute Gasteiger partial charge is 0.394 e. The number of amides is 1. The van der Waals surface area contributed by atoms with Gasteiger partial charge in [0.15, 0.2) is 0 Å². The van der Waals surface area contributed by atoms with Crippen LogP contribution < -0.4 is 5.56 Å². The second-order valence-corrected chi connectivity index (χ2v) is 7.59. The van der Waals surface area contributed by atoms with Crippen LogP contribution in [0.15, 0.2) is 4.79 Å². The highest BCUT2D eigenvalue weighted by Gasteiger charge is 2.28. The van der Waals surface area contributed by atoms with Crippen molar-refractivity contribution in [1.29, 1.82) is 0 Å². The van der Waals surface area contributed by atoms with Crippen LogP contribution >= 0.6 is 0 Å². The summed E-state index contributed by atoms with van der Waals surface area (Å²) in [4.78, 5) is 29.2. The van der Waals surface area contributed by atoms with Crippen molar-refractivity contribution in [3.8, 4) is 0 Å². The van der Waals surface area contributed by atoms with E-state index >= 15 is 0 Å². The molecule has 0 saturated carbocycles. The molecule has 2 N–H and O–H groups in total. The number of carbonyl (C=O) groups excluding carboxylic acids is 1. The summed E-state index contributed by atoms with van der Waals surface area (Å²) in [7, 11) is 0. The molecule has 2 aliphatic heterocycles. The van der Waals surface area contributed by atoms with E-state index in [1.165, 1.54) is 4.68 Å². The Balaban J connectivity index is 1.56. The van der Waals surface area contributed by atoms with E-state index in [0.717, 1.165) is 37.2 Å².